The molecule has 0 radical (unpaired) electrons. The molecule has 1 saturated heterocycles. The van der Waals surface area contributed by atoms with E-state index >= 15 is 0 Å². The van der Waals surface area contributed by atoms with Crippen molar-refractivity contribution in [2.24, 2.45) is 0 Å². The van der Waals surface area contributed by atoms with Gasteiger partial charge in [-0.25, -0.2) is 4.57 Å². The minimum Gasteiger partial charge on any atom is -0.290 e. The highest BCUT2D eigenvalue weighted by Crippen LogP contribution is 2.46. The highest BCUT2D eigenvalue weighted by atomic mass is 31.2. The van der Waals surface area contributed by atoms with Crippen LogP contribution >= 0.6 is 7.82 Å². The molecular formula is C11H27N2O4P. The molecule has 0 aromatic rings. The van der Waals surface area contributed by atoms with Crippen molar-refractivity contribution in [1.82, 2.24) is 9.80 Å². The summed E-state index contributed by atoms with van der Waals surface area (Å²) in [6, 6.07) is 1.39. The average molecular weight is 282 g/mol. The van der Waals surface area contributed by atoms with E-state index in [0.29, 0.717) is 18.2 Å². The van der Waals surface area contributed by atoms with Crippen molar-refractivity contribution in [2.45, 2.75) is 39.0 Å². The Labute approximate surface area is 111 Å². The Bertz CT molecular complexity index is 226. The third kappa shape index (κ3) is 4.30. The van der Waals surface area contributed by atoms with Crippen molar-refractivity contribution in [3.8, 4) is 0 Å². The standard InChI is InChI=1S/C8H18N2.C3H9O4P/c1-6-7(2)10(5)8(3)9(6)4;1-5-8(4,6-2)7-3/h6-8H,1-5H3;1-3H3. The van der Waals surface area contributed by atoms with E-state index in [0.717, 1.165) is 0 Å². The first-order valence-corrected chi connectivity index (χ1v) is 7.41. The summed E-state index contributed by atoms with van der Waals surface area (Å²) in [4.78, 5) is 4.81. The van der Waals surface area contributed by atoms with Gasteiger partial charge in [0, 0.05) is 33.4 Å². The number of likely N-dealkylation sites (N-methyl/N-ethyl adjacent to an activating group) is 2. The quantitative estimate of drug-likeness (QED) is 0.738. The molecule has 0 spiro atoms. The fraction of sp³-hybridized carbons (Fsp3) is 1.00. The molecule has 6 nitrogen and oxygen atoms in total. The van der Waals surface area contributed by atoms with E-state index in [-0.39, 0.29) is 0 Å². The SMILES string of the molecule is CC1C(C)N(C)C(C)N1C.COP(=O)(OC)OC. The summed E-state index contributed by atoms with van der Waals surface area (Å²) < 4.78 is 23.7. The fourth-order valence-electron chi connectivity index (χ4n) is 1.87. The molecule has 0 bridgehead atoms. The molecule has 2 unspecified atom stereocenters. The van der Waals surface area contributed by atoms with Crippen LogP contribution in [-0.2, 0) is 18.1 Å². The van der Waals surface area contributed by atoms with Crippen LogP contribution in [-0.4, -0.2) is 63.5 Å². The maximum absolute atomic E-state index is 10.7. The summed E-state index contributed by atoms with van der Waals surface area (Å²) in [5.74, 6) is 0. The van der Waals surface area contributed by atoms with Gasteiger partial charge < -0.3 is 0 Å². The van der Waals surface area contributed by atoms with E-state index in [1.54, 1.807) is 0 Å². The Hall–Kier alpha value is 0.0300. The Kier molecular flexibility index (Phi) is 7.59. The van der Waals surface area contributed by atoms with Crippen LogP contribution in [0, 0.1) is 0 Å². The van der Waals surface area contributed by atoms with Gasteiger partial charge in [0.1, 0.15) is 0 Å². The van der Waals surface area contributed by atoms with Gasteiger partial charge in [-0.2, -0.15) is 0 Å². The molecule has 0 N–H and O–H groups in total. The summed E-state index contributed by atoms with van der Waals surface area (Å²) in [7, 11) is 4.99. The summed E-state index contributed by atoms with van der Waals surface area (Å²) in [5, 5.41) is 0. The van der Waals surface area contributed by atoms with Gasteiger partial charge in [0.05, 0.1) is 6.17 Å². The Morgan fingerprint density at radius 2 is 1.11 bits per heavy atom. The molecule has 1 rings (SSSR count). The second kappa shape index (κ2) is 7.58. The predicted molar refractivity (Wildman–Crippen MR) is 72.5 cm³/mol. The van der Waals surface area contributed by atoms with Gasteiger partial charge in [-0.1, -0.05) is 0 Å². The molecule has 2 atom stereocenters. The van der Waals surface area contributed by atoms with Crippen LogP contribution in [0.25, 0.3) is 0 Å². The molecule has 1 fully saturated rings. The van der Waals surface area contributed by atoms with Crippen LogP contribution in [0.3, 0.4) is 0 Å². The van der Waals surface area contributed by atoms with Crippen molar-refractivity contribution in [2.75, 3.05) is 35.4 Å². The molecule has 0 amide bonds. The maximum Gasteiger partial charge on any atom is 0.473 e. The van der Waals surface area contributed by atoms with Gasteiger partial charge >= 0.3 is 7.82 Å². The molecule has 1 heterocycles. The predicted octanol–water partition coefficient (Wildman–Crippen LogP) is 2.02. The third-order valence-corrected chi connectivity index (χ3v) is 5.17. The number of rotatable bonds is 3. The molecule has 110 valence electrons. The minimum atomic E-state index is -3.16. The van der Waals surface area contributed by atoms with Gasteiger partial charge in [-0.15, -0.1) is 0 Å². The monoisotopic (exact) mass is 282 g/mol. The molecular weight excluding hydrogens is 255 g/mol. The Morgan fingerprint density at radius 1 is 0.833 bits per heavy atom. The minimum absolute atomic E-state index is 0.602. The molecule has 1 aliphatic rings. The molecule has 0 aromatic carbocycles. The first-order chi connectivity index (χ1) is 8.24. The topological polar surface area (TPSA) is 51.2 Å². The lowest BCUT2D eigenvalue weighted by Crippen LogP contribution is -2.32. The molecule has 7 heteroatoms. The highest BCUT2D eigenvalue weighted by molar-refractivity contribution is 7.48. The second-order valence-electron chi connectivity index (χ2n) is 4.44. The second-order valence-corrected chi connectivity index (χ2v) is 6.43. The van der Waals surface area contributed by atoms with Crippen LogP contribution in [0.15, 0.2) is 0 Å². The van der Waals surface area contributed by atoms with Crippen LogP contribution in [0.4, 0.5) is 0 Å². The number of nitrogens with zero attached hydrogens (tertiary/aromatic N) is 2. The van der Waals surface area contributed by atoms with E-state index in [9.17, 15) is 4.57 Å². The maximum atomic E-state index is 10.7. The fourth-order valence-corrected chi connectivity index (χ4v) is 2.32. The lowest BCUT2D eigenvalue weighted by Gasteiger charge is -2.21. The number of hydrogen-bond donors (Lipinski definition) is 0. The van der Waals surface area contributed by atoms with Gasteiger partial charge in [0.2, 0.25) is 0 Å². The molecule has 0 aliphatic carbocycles. The molecule has 0 aromatic heterocycles. The Morgan fingerprint density at radius 3 is 1.17 bits per heavy atom. The molecule has 0 saturated carbocycles. The number of phosphoric acid groups is 1. The van der Waals surface area contributed by atoms with Crippen molar-refractivity contribution >= 4 is 7.82 Å². The summed E-state index contributed by atoms with van der Waals surface area (Å²) in [6.45, 7) is 6.81. The Balaban J connectivity index is 0.000000331. The van der Waals surface area contributed by atoms with E-state index in [1.165, 1.54) is 21.3 Å². The smallest absolute Gasteiger partial charge is 0.290 e. The zero-order valence-electron chi connectivity index (χ0n) is 12.7. The normalized spacial score (nSPS) is 30.1. The summed E-state index contributed by atoms with van der Waals surface area (Å²) >= 11 is 0. The van der Waals surface area contributed by atoms with E-state index in [4.69, 9.17) is 0 Å². The number of hydrogen-bond acceptors (Lipinski definition) is 6. The molecule has 1 aliphatic heterocycles. The first kappa shape index (κ1) is 18.0. The van der Waals surface area contributed by atoms with Gasteiger partial charge in [-0.05, 0) is 34.9 Å². The van der Waals surface area contributed by atoms with Crippen molar-refractivity contribution in [3.63, 3.8) is 0 Å². The lowest BCUT2D eigenvalue weighted by molar-refractivity contribution is 0.178. The van der Waals surface area contributed by atoms with Crippen LogP contribution in [0.5, 0.6) is 0 Å². The first-order valence-electron chi connectivity index (χ1n) is 5.95. The zero-order chi connectivity index (χ0) is 14.5. The summed E-state index contributed by atoms with van der Waals surface area (Å²) in [5.41, 5.74) is 0. The third-order valence-electron chi connectivity index (χ3n) is 3.83. The van der Waals surface area contributed by atoms with E-state index < -0.39 is 7.82 Å². The lowest BCUT2D eigenvalue weighted by atomic mass is 10.2. The largest absolute Gasteiger partial charge is 0.473 e. The summed E-state index contributed by atoms with van der Waals surface area (Å²) in [6.07, 6.45) is 0.602. The molecule has 18 heavy (non-hydrogen) atoms. The number of phosphoric ester groups is 1. The van der Waals surface area contributed by atoms with Crippen LogP contribution < -0.4 is 0 Å². The van der Waals surface area contributed by atoms with E-state index in [1.807, 2.05) is 0 Å². The van der Waals surface area contributed by atoms with Crippen molar-refractivity contribution < 1.29 is 18.1 Å². The van der Waals surface area contributed by atoms with Crippen molar-refractivity contribution in [1.29, 1.82) is 0 Å². The highest BCUT2D eigenvalue weighted by Gasteiger charge is 2.34. The van der Waals surface area contributed by atoms with Gasteiger partial charge in [0.25, 0.3) is 0 Å². The zero-order valence-corrected chi connectivity index (χ0v) is 13.6. The van der Waals surface area contributed by atoms with Gasteiger partial charge in [0.15, 0.2) is 0 Å². The van der Waals surface area contributed by atoms with E-state index in [2.05, 4.69) is 58.2 Å². The van der Waals surface area contributed by atoms with Gasteiger partial charge in [-0.3, -0.25) is 23.4 Å². The average Bonchev–Trinajstić information content (AvgIpc) is 2.57. The van der Waals surface area contributed by atoms with Crippen LogP contribution in [0.2, 0.25) is 0 Å². The van der Waals surface area contributed by atoms with Crippen LogP contribution in [0.1, 0.15) is 20.8 Å². The van der Waals surface area contributed by atoms with Crippen molar-refractivity contribution in [3.05, 3.63) is 0 Å².